The molecule has 0 spiro atoms. The molecule has 24 heavy (non-hydrogen) atoms. The fraction of sp³-hybridized carbons (Fsp3) is 0.353. The molecule has 3 aromatic rings. The quantitative estimate of drug-likeness (QED) is 0.724. The lowest BCUT2D eigenvalue weighted by atomic mass is 10.2. The highest BCUT2D eigenvalue weighted by atomic mass is 16.5. The maximum absolute atomic E-state index is 5.30. The molecule has 7 nitrogen and oxygen atoms in total. The number of ether oxygens (including phenoxy) is 1. The molecule has 0 radical (unpaired) electrons. The third-order valence-corrected chi connectivity index (χ3v) is 4.43. The molecule has 1 aliphatic heterocycles. The van der Waals surface area contributed by atoms with Gasteiger partial charge in [-0.2, -0.15) is 5.10 Å². The van der Waals surface area contributed by atoms with Crippen molar-refractivity contribution < 1.29 is 4.74 Å². The van der Waals surface area contributed by atoms with Crippen LogP contribution < -0.4 is 9.64 Å². The summed E-state index contributed by atoms with van der Waals surface area (Å²) < 4.78 is 6.98. The highest BCUT2D eigenvalue weighted by Gasteiger charge is 2.18. The van der Waals surface area contributed by atoms with Crippen molar-refractivity contribution in [2.75, 3.05) is 38.2 Å². The van der Waals surface area contributed by atoms with Crippen molar-refractivity contribution in [2.45, 2.75) is 6.54 Å². The number of aromatic nitrogens is 4. The number of nitrogens with zero attached hydrogens (tertiary/aromatic N) is 6. The Hall–Kier alpha value is -2.67. The molecule has 7 heteroatoms. The van der Waals surface area contributed by atoms with Gasteiger partial charge in [0.15, 0.2) is 5.65 Å². The molecule has 1 aromatic carbocycles. The first-order chi connectivity index (χ1) is 11.8. The van der Waals surface area contributed by atoms with Crippen LogP contribution in [0.15, 0.2) is 42.9 Å². The molecule has 1 aliphatic rings. The van der Waals surface area contributed by atoms with Crippen LogP contribution in [0.2, 0.25) is 0 Å². The van der Waals surface area contributed by atoms with Crippen molar-refractivity contribution in [2.24, 2.45) is 0 Å². The fourth-order valence-electron chi connectivity index (χ4n) is 3.08. The zero-order valence-electron chi connectivity index (χ0n) is 13.7. The summed E-state index contributed by atoms with van der Waals surface area (Å²) in [7, 11) is 1.71. The second kappa shape index (κ2) is 6.45. The van der Waals surface area contributed by atoms with Gasteiger partial charge in [-0.15, -0.1) is 10.2 Å². The van der Waals surface area contributed by atoms with Gasteiger partial charge >= 0.3 is 0 Å². The van der Waals surface area contributed by atoms with Gasteiger partial charge in [0.1, 0.15) is 12.1 Å². The number of hydrogen-bond acceptors (Lipinski definition) is 6. The van der Waals surface area contributed by atoms with Gasteiger partial charge in [0.05, 0.1) is 19.0 Å². The summed E-state index contributed by atoms with van der Waals surface area (Å²) in [6.07, 6.45) is 3.50. The first-order valence-electron chi connectivity index (χ1n) is 8.08. The van der Waals surface area contributed by atoms with Gasteiger partial charge in [0, 0.05) is 38.8 Å². The Bertz CT molecular complexity index is 825. The van der Waals surface area contributed by atoms with Gasteiger partial charge in [-0.25, -0.2) is 4.52 Å². The Balaban J connectivity index is 1.39. The molecule has 0 amide bonds. The minimum atomic E-state index is 0.784. The summed E-state index contributed by atoms with van der Waals surface area (Å²) in [5.74, 6) is 0.916. The largest absolute Gasteiger partial charge is 0.497 e. The van der Waals surface area contributed by atoms with E-state index in [1.54, 1.807) is 18.0 Å². The Labute approximate surface area is 140 Å². The Morgan fingerprint density at radius 1 is 1.12 bits per heavy atom. The van der Waals surface area contributed by atoms with Crippen LogP contribution in [0.5, 0.6) is 5.75 Å². The van der Waals surface area contributed by atoms with E-state index >= 15 is 0 Å². The molecule has 1 saturated heterocycles. The second-order valence-corrected chi connectivity index (χ2v) is 5.96. The average molecular weight is 324 g/mol. The Morgan fingerprint density at radius 3 is 2.83 bits per heavy atom. The van der Waals surface area contributed by atoms with Crippen LogP contribution in [0.3, 0.4) is 0 Å². The lowest BCUT2D eigenvalue weighted by molar-refractivity contribution is 0.249. The molecule has 0 atom stereocenters. The smallest absolute Gasteiger partial charge is 0.179 e. The maximum Gasteiger partial charge on any atom is 0.179 e. The van der Waals surface area contributed by atoms with E-state index in [4.69, 9.17) is 4.74 Å². The summed E-state index contributed by atoms with van der Waals surface area (Å²) in [5.41, 5.74) is 3.18. The van der Waals surface area contributed by atoms with Crippen LogP contribution in [0.1, 0.15) is 5.56 Å². The highest BCUT2D eigenvalue weighted by molar-refractivity contribution is 5.53. The number of piperazine rings is 1. The highest BCUT2D eigenvalue weighted by Crippen LogP contribution is 2.19. The molecule has 0 bridgehead atoms. The first-order valence-corrected chi connectivity index (χ1v) is 8.08. The molecule has 2 aromatic heterocycles. The molecule has 0 N–H and O–H groups in total. The number of rotatable bonds is 4. The number of fused-ring (bicyclic) bond motifs is 1. The predicted octanol–water partition coefficient (Wildman–Crippen LogP) is 1.46. The first kappa shape index (κ1) is 14.9. The van der Waals surface area contributed by atoms with E-state index in [0.717, 1.165) is 49.8 Å². The lowest BCUT2D eigenvalue weighted by Gasteiger charge is -2.35. The number of methoxy groups -OCH3 is 1. The monoisotopic (exact) mass is 324 g/mol. The van der Waals surface area contributed by atoms with Gasteiger partial charge in [-0.05, 0) is 17.7 Å². The zero-order chi connectivity index (χ0) is 16.4. The molecule has 0 saturated carbocycles. The molecule has 3 heterocycles. The number of anilines is 1. The fourth-order valence-corrected chi connectivity index (χ4v) is 3.08. The molecule has 124 valence electrons. The Kier molecular flexibility index (Phi) is 4.00. The van der Waals surface area contributed by atoms with Crippen molar-refractivity contribution in [3.63, 3.8) is 0 Å². The summed E-state index contributed by atoms with van der Waals surface area (Å²) in [6, 6.07) is 10.3. The van der Waals surface area contributed by atoms with E-state index in [0.29, 0.717) is 0 Å². The van der Waals surface area contributed by atoms with Crippen molar-refractivity contribution >= 4 is 11.3 Å². The topological polar surface area (TPSA) is 58.8 Å². The maximum atomic E-state index is 5.30. The predicted molar refractivity (Wildman–Crippen MR) is 91.3 cm³/mol. The lowest BCUT2D eigenvalue weighted by Crippen LogP contribution is -2.46. The van der Waals surface area contributed by atoms with E-state index in [1.807, 2.05) is 24.4 Å². The van der Waals surface area contributed by atoms with Gasteiger partial charge in [-0.3, -0.25) is 4.90 Å². The Morgan fingerprint density at radius 2 is 2.00 bits per heavy atom. The average Bonchev–Trinajstić information content (AvgIpc) is 3.10. The standard InChI is InChI=1S/C17H20N6O/c1-24-16-4-2-3-14(9-16)12-21-5-7-22(8-6-21)15-10-17-20-18-13-23(17)19-11-15/h2-4,9-11,13H,5-8,12H2,1H3. The number of hydrogen-bond donors (Lipinski definition) is 0. The SMILES string of the molecule is COc1cccc(CN2CCN(c3cnn4cnnc4c3)CC2)c1. The summed E-state index contributed by atoms with van der Waals surface area (Å²) in [6.45, 7) is 4.96. The molecule has 1 fully saturated rings. The van der Waals surface area contributed by atoms with Crippen molar-refractivity contribution in [3.05, 3.63) is 48.4 Å². The van der Waals surface area contributed by atoms with E-state index in [9.17, 15) is 0 Å². The van der Waals surface area contributed by atoms with Crippen molar-refractivity contribution in [3.8, 4) is 5.75 Å². The van der Waals surface area contributed by atoms with E-state index in [1.165, 1.54) is 5.56 Å². The minimum absolute atomic E-state index is 0.784. The third kappa shape index (κ3) is 3.03. The minimum Gasteiger partial charge on any atom is -0.497 e. The van der Waals surface area contributed by atoms with Crippen LogP contribution >= 0.6 is 0 Å². The summed E-state index contributed by atoms with van der Waals surface area (Å²) in [4.78, 5) is 4.82. The van der Waals surface area contributed by atoms with E-state index in [-0.39, 0.29) is 0 Å². The van der Waals surface area contributed by atoms with Crippen LogP contribution in [-0.2, 0) is 6.54 Å². The van der Waals surface area contributed by atoms with Gasteiger partial charge < -0.3 is 9.64 Å². The normalized spacial score (nSPS) is 15.8. The van der Waals surface area contributed by atoms with Crippen molar-refractivity contribution in [1.29, 1.82) is 0 Å². The molecular formula is C17H20N6O. The van der Waals surface area contributed by atoms with E-state index < -0.39 is 0 Å². The summed E-state index contributed by atoms with van der Waals surface area (Å²) >= 11 is 0. The van der Waals surface area contributed by atoms with Crippen LogP contribution in [0.4, 0.5) is 5.69 Å². The van der Waals surface area contributed by atoms with Gasteiger partial charge in [0.25, 0.3) is 0 Å². The van der Waals surface area contributed by atoms with Gasteiger partial charge in [0.2, 0.25) is 0 Å². The second-order valence-electron chi connectivity index (χ2n) is 5.96. The van der Waals surface area contributed by atoms with E-state index in [2.05, 4.69) is 37.2 Å². The van der Waals surface area contributed by atoms with Crippen LogP contribution in [0, 0.1) is 0 Å². The van der Waals surface area contributed by atoms with Crippen molar-refractivity contribution in [1.82, 2.24) is 24.7 Å². The molecule has 0 aliphatic carbocycles. The third-order valence-electron chi connectivity index (χ3n) is 4.43. The van der Waals surface area contributed by atoms with Crippen LogP contribution in [0.25, 0.3) is 5.65 Å². The molecule has 4 rings (SSSR count). The zero-order valence-corrected chi connectivity index (χ0v) is 13.7. The number of benzene rings is 1. The molecular weight excluding hydrogens is 304 g/mol. The van der Waals surface area contributed by atoms with Crippen LogP contribution in [-0.4, -0.2) is 58.0 Å². The molecule has 0 unspecified atom stereocenters. The van der Waals surface area contributed by atoms with Gasteiger partial charge in [-0.1, -0.05) is 12.1 Å². The summed E-state index contributed by atoms with van der Waals surface area (Å²) in [5, 5.41) is 12.3.